The number of rotatable bonds is 8. The molecule has 0 heterocycles. The normalized spacial score (nSPS) is 12.7. The van der Waals surface area contributed by atoms with Gasteiger partial charge in [0, 0.05) is 22.3 Å². The van der Waals surface area contributed by atoms with Crippen LogP contribution < -0.4 is 5.90 Å². The summed E-state index contributed by atoms with van der Waals surface area (Å²) in [5.41, 5.74) is 2.83. The molecule has 2 aromatic carbocycles. The van der Waals surface area contributed by atoms with E-state index in [0.717, 1.165) is 0 Å². The van der Waals surface area contributed by atoms with E-state index in [0.29, 0.717) is 33.5 Å². The molecule has 0 saturated heterocycles. The number of nitrogens with two attached hydrogens (primary N) is 1. The Bertz CT molecular complexity index is 1050. The largest absolute Gasteiger partial charge is 0.464 e. The minimum absolute atomic E-state index is 0.0776. The molecule has 2 rings (SSSR count). The number of halogens is 1. The molecule has 2 N–H and O–H groups in total. The highest BCUT2D eigenvalue weighted by atomic mass is 19.1. The van der Waals surface area contributed by atoms with Crippen LogP contribution >= 0.6 is 0 Å². The van der Waals surface area contributed by atoms with E-state index in [1.165, 1.54) is 33.5 Å². The Labute approximate surface area is 179 Å². The standard InChI is InChI=1S/C22H24FN3O5/c1-13-12-15(23)10-11-16(13)19(25-29-4)14(2)21(31-24)18-9-7-6-8-17(18)20(26-30-5)22(27)28-3/h6-12H,24H2,1-5H3/b21-14-,25-19+,26-20+. The van der Waals surface area contributed by atoms with Gasteiger partial charge in [-0.15, -0.1) is 0 Å². The number of carbonyl (C=O) groups excluding carboxylic acids is 1. The van der Waals surface area contributed by atoms with Gasteiger partial charge >= 0.3 is 5.97 Å². The van der Waals surface area contributed by atoms with Crippen molar-refractivity contribution in [2.45, 2.75) is 13.8 Å². The lowest BCUT2D eigenvalue weighted by Gasteiger charge is -2.16. The quantitative estimate of drug-likeness (QED) is 0.299. The number of oxime groups is 2. The van der Waals surface area contributed by atoms with Gasteiger partial charge in [0.1, 0.15) is 25.7 Å². The van der Waals surface area contributed by atoms with Crippen molar-refractivity contribution in [3.63, 3.8) is 0 Å². The first-order valence-corrected chi connectivity index (χ1v) is 9.14. The summed E-state index contributed by atoms with van der Waals surface area (Å²) in [5, 5.41) is 7.89. The number of esters is 1. The predicted octanol–water partition coefficient (Wildman–Crippen LogP) is 3.33. The smallest absolute Gasteiger partial charge is 0.360 e. The second kappa shape index (κ2) is 10.9. The second-order valence-electron chi connectivity index (χ2n) is 6.31. The minimum Gasteiger partial charge on any atom is -0.464 e. The van der Waals surface area contributed by atoms with Gasteiger partial charge in [-0.05, 0) is 37.6 Å². The molecule has 0 unspecified atom stereocenters. The van der Waals surface area contributed by atoms with Crippen molar-refractivity contribution in [2.24, 2.45) is 16.2 Å². The summed E-state index contributed by atoms with van der Waals surface area (Å²) in [6, 6.07) is 11.1. The van der Waals surface area contributed by atoms with Crippen LogP contribution in [0.1, 0.15) is 29.2 Å². The highest BCUT2D eigenvalue weighted by Crippen LogP contribution is 2.27. The third-order valence-electron chi connectivity index (χ3n) is 4.43. The van der Waals surface area contributed by atoms with Crippen LogP contribution in [0.15, 0.2) is 58.3 Å². The molecule has 0 aliphatic rings. The number of methoxy groups -OCH3 is 1. The summed E-state index contributed by atoms with van der Waals surface area (Å²) < 4.78 is 18.4. The summed E-state index contributed by atoms with van der Waals surface area (Å²) in [5.74, 6) is 4.75. The molecule has 164 valence electrons. The lowest BCUT2D eigenvalue weighted by molar-refractivity contribution is -0.132. The molecule has 0 aliphatic carbocycles. The van der Waals surface area contributed by atoms with Crippen LogP contribution in [0.5, 0.6) is 0 Å². The van der Waals surface area contributed by atoms with Gasteiger partial charge in [0.05, 0.1) is 7.11 Å². The van der Waals surface area contributed by atoms with Gasteiger partial charge in [0.25, 0.3) is 0 Å². The topological polar surface area (TPSA) is 105 Å². The van der Waals surface area contributed by atoms with Crippen molar-refractivity contribution in [3.8, 4) is 0 Å². The minimum atomic E-state index is -0.705. The maximum atomic E-state index is 13.6. The van der Waals surface area contributed by atoms with Gasteiger partial charge in [-0.25, -0.2) is 9.18 Å². The van der Waals surface area contributed by atoms with E-state index < -0.39 is 5.97 Å². The van der Waals surface area contributed by atoms with Gasteiger partial charge < -0.3 is 19.2 Å². The molecule has 31 heavy (non-hydrogen) atoms. The van der Waals surface area contributed by atoms with E-state index >= 15 is 0 Å². The predicted molar refractivity (Wildman–Crippen MR) is 115 cm³/mol. The van der Waals surface area contributed by atoms with Crippen LogP contribution in [-0.2, 0) is 24.0 Å². The summed E-state index contributed by atoms with van der Waals surface area (Å²) in [6.07, 6.45) is 0. The number of aryl methyl sites for hydroxylation is 1. The van der Waals surface area contributed by atoms with Crippen LogP contribution in [-0.4, -0.2) is 38.7 Å². The third kappa shape index (κ3) is 5.26. The molecule has 8 nitrogen and oxygen atoms in total. The molecule has 0 aliphatic heterocycles. The summed E-state index contributed by atoms with van der Waals surface area (Å²) in [7, 11) is 3.94. The highest BCUT2D eigenvalue weighted by molar-refractivity contribution is 6.43. The Morgan fingerprint density at radius 1 is 0.935 bits per heavy atom. The molecule has 0 amide bonds. The zero-order chi connectivity index (χ0) is 23.0. The summed E-state index contributed by atoms with van der Waals surface area (Å²) in [4.78, 5) is 27.3. The van der Waals surface area contributed by atoms with Crippen molar-refractivity contribution in [1.29, 1.82) is 0 Å². The van der Waals surface area contributed by atoms with Crippen molar-refractivity contribution in [2.75, 3.05) is 21.3 Å². The van der Waals surface area contributed by atoms with Crippen LogP contribution in [0.25, 0.3) is 5.76 Å². The Hall–Kier alpha value is -3.72. The Morgan fingerprint density at radius 2 is 1.55 bits per heavy atom. The molecule has 0 radical (unpaired) electrons. The molecule has 9 heteroatoms. The van der Waals surface area contributed by atoms with Crippen LogP contribution in [0.2, 0.25) is 0 Å². The highest BCUT2D eigenvalue weighted by Gasteiger charge is 2.24. The van der Waals surface area contributed by atoms with Crippen LogP contribution in [0.4, 0.5) is 4.39 Å². The van der Waals surface area contributed by atoms with Crippen molar-refractivity contribution in [3.05, 3.63) is 76.1 Å². The maximum absolute atomic E-state index is 13.6. The fraction of sp³-hybridized carbons (Fsp3) is 0.227. The van der Waals surface area contributed by atoms with Gasteiger partial charge in [0.15, 0.2) is 11.5 Å². The SMILES string of the molecule is CO/N=C(\C(C)=C(/ON)c1ccccc1/C(=N\OC)C(=O)OC)c1ccc(F)cc1C. The van der Waals surface area contributed by atoms with E-state index in [-0.39, 0.29) is 17.3 Å². The summed E-state index contributed by atoms with van der Waals surface area (Å²) >= 11 is 0. The number of allylic oxidation sites excluding steroid dienone is 1. The number of ether oxygens (including phenoxy) is 1. The lowest BCUT2D eigenvalue weighted by Crippen LogP contribution is -2.20. The number of nitrogens with zero attached hydrogens (tertiary/aromatic N) is 2. The molecule has 0 saturated carbocycles. The number of carbonyl (C=O) groups is 1. The molecule has 2 aromatic rings. The lowest BCUT2D eigenvalue weighted by atomic mass is 9.94. The summed E-state index contributed by atoms with van der Waals surface area (Å²) in [6.45, 7) is 3.46. The fourth-order valence-corrected chi connectivity index (χ4v) is 3.04. The van der Waals surface area contributed by atoms with Crippen LogP contribution in [0, 0.1) is 12.7 Å². The first-order valence-electron chi connectivity index (χ1n) is 9.14. The molecule has 0 aromatic heterocycles. The van der Waals surface area contributed by atoms with E-state index in [2.05, 4.69) is 10.3 Å². The maximum Gasteiger partial charge on any atom is 0.360 e. The van der Waals surface area contributed by atoms with Gasteiger partial charge in [-0.2, -0.15) is 5.90 Å². The van der Waals surface area contributed by atoms with Crippen molar-refractivity contribution in [1.82, 2.24) is 0 Å². The number of benzene rings is 2. The molecule has 0 spiro atoms. The number of hydrogen-bond acceptors (Lipinski definition) is 8. The number of hydrogen-bond donors (Lipinski definition) is 1. The zero-order valence-corrected chi connectivity index (χ0v) is 17.9. The second-order valence-corrected chi connectivity index (χ2v) is 6.31. The van der Waals surface area contributed by atoms with Crippen LogP contribution in [0.3, 0.4) is 0 Å². The first kappa shape index (κ1) is 23.6. The molecule has 0 atom stereocenters. The van der Waals surface area contributed by atoms with E-state index in [9.17, 15) is 9.18 Å². The molecular formula is C22H24FN3O5. The van der Waals surface area contributed by atoms with Crippen molar-refractivity contribution < 1.29 is 28.4 Å². The molecule has 0 bridgehead atoms. The van der Waals surface area contributed by atoms with Gasteiger partial charge in [-0.3, -0.25) is 0 Å². The molecular weight excluding hydrogens is 405 g/mol. The Balaban J connectivity index is 2.77. The zero-order valence-electron chi connectivity index (χ0n) is 17.9. The van der Waals surface area contributed by atoms with Crippen molar-refractivity contribution >= 4 is 23.2 Å². The average molecular weight is 429 g/mol. The van der Waals surface area contributed by atoms with Gasteiger partial charge in [-0.1, -0.05) is 34.6 Å². The van der Waals surface area contributed by atoms with E-state index in [1.54, 1.807) is 44.2 Å². The Morgan fingerprint density at radius 3 is 2.10 bits per heavy atom. The fourth-order valence-electron chi connectivity index (χ4n) is 3.04. The van der Waals surface area contributed by atoms with E-state index in [1.807, 2.05) is 0 Å². The Kier molecular flexibility index (Phi) is 8.27. The molecule has 0 fully saturated rings. The third-order valence-corrected chi connectivity index (χ3v) is 4.43. The monoisotopic (exact) mass is 429 g/mol. The average Bonchev–Trinajstić information content (AvgIpc) is 2.76. The first-order chi connectivity index (χ1) is 14.9. The van der Waals surface area contributed by atoms with Gasteiger partial charge in [0.2, 0.25) is 0 Å². The van der Waals surface area contributed by atoms with E-state index in [4.69, 9.17) is 25.1 Å².